The first-order valence-corrected chi connectivity index (χ1v) is 8.30. The van der Waals surface area contributed by atoms with Crippen molar-refractivity contribution in [1.82, 2.24) is 10.3 Å². The van der Waals surface area contributed by atoms with E-state index >= 15 is 0 Å². The van der Waals surface area contributed by atoms with Crippen LogP contribution in [-0.4, -0.2) is 20.4 Å². The second-order valence-electron chi connectivity index (χ2n) is 4.88. The lowest BCUT2D eigenvalue weighted by Gasteiger charge is -2.09. The molecule has 21 heavy (non-hydrogen) atoms. The molecular formula is C15H19N3O2S. The van der Waals surface area contributed by atoms with Crippen molar-refractivity contribution in [3.05, 3.63) is 59.3 Å². The smallest absolute Gasteiger partial charge is 0.238 e. The summed E-state index contributed by atoms with van der Waals surface area (Å²) in [7, 11) is -1.61. The average Bonchev–Trinajstić information content (AvgIpc) is 2.38. The summed E-state index contributed by atoms with van der Waals surface area (Å²) in [5.41, 5.74) is 2.58. The van der Waals surface area contributed by atoms with E-state index < -0.39 is 10.0 Å². The number of aryl methyl sites for hydroxylation is 1. The monoisotopic (exact) mass is 305 g/mol. The van der Waals surface area contributed by atoms with Crippen LogP contribution >= 0.6 is 0 Å². The van der Waals surface area contributed by atoms with Crippen LogP contribution in [0.4, 0.5) is 5.82 Å². The molecule has 0 radical (unpaired) electrons. The molecule has 0 aliphatic carbocycles. The van der Waals surface area contributed by atoms with E-state index in [0.29, 0.717) is 12.4 Å². The van der Waals surface area contributed by atoms with E-state index in [1.807, 2.05) is 44.3 Å². The van der Waals surface area contributed by atoms with Crippen molar-refractivity contribution >= 4 is 15.8 Å². The molecule has 6 heteroatoms. The molecule has 0 aliphatic heterocycles. The summed E-state index contributed by atoms with van der Waals surface area (Å²) in [6.45, 7) is 2.53. The van der Waals surface area contributed by atoms with Gasteiger partial charge in [0.05, 0.1) is 5.75 Å². The molecular weight excluding hydrogens is 286 g/mol. The highest BCUT2D eigenvalue weighted by molar-refractivity contribution is 7.91. The van der Waals surface area contributed by atoms with Crippen LogP contribution in [0.1, 0.15) is 16.8 Å². The topological polar surface area (TPSA) is 71.1 Å². The van der Waals surface area contributed by atoms with Crippen molar-refractivity contribution in [3.63, 3.8) is 0 Å². The van der Waals surface area contributed by atoms with E-state index in [1.165, 1.54) is 0 Å². The van der Waals surface area contributed by atoms with Gasteiger partial charge in [-0.15, -0.1) is 0 Å². The number of hydrogen-bond acceptors (Lipinski definition) is 4. The van der Waals surface area contributed by atoms with Gasteiger partial charge in [-0.05, 0) is 37.2 Å². The van der Waals surface area contributed by atoms with Crippen LogP contribution in [-0.2, 0) is 22.3 Å². The SMILES string of the molecule is CNCc1cccc(CS(=O)(=O)Nc2cccc(C)n2)c1. The fourth-order valence-corrected chi connectivity index (χ4v) is 3.17. The third kappa shape index (κ3) is 4.84. The third-order valence-corrected chi connectivity index (χ3v) is 4.11. The summed E-state index contributed by atoms with van der Waals surface area (Å²) >= 11 is 0. The zero-order valence-electron chi connectivity index (χ0n) is 12.1. The zero-order chi connectivity index (χ0) is 15.3. The van der Waals surface area contributed by atoms with E-state index in [4.69, 9.17) is 0 Å². The number of aromatic nitrogens is 1. The van der Waals surface area contributed by atoms with Gasteiger partial charge in [0.15, 0.2) is 0 Å². The first kappa shape index (κ1) is 15.5. The Morgan fingerprint density at radius 1 is 1.10 bits per heavy atom. The number of nitrogens with one attached hydrogen (secondary N) is 2. The van der Waals surface area contributed by atoms with Crippen molar-refractivity contribution in [3.8, 4) is 0 Å². The Morgan fingerprint density at radius 2 is 1.81 bits per heavy atom. The molecule has 1 aromatic carbocycles. The maximum Gasteiger partial charge on any atom is 0.238 e. The lowest BCUT2D eigenvalue weighted by atomic mass is 10.1. The van der Waals surface area contributed by atoms with Crippen LogP contribution in [0.5, 0.6) is 0 Å². The second-order valence-corrected chi connectivity index (χ2v) is 6.60. The van der Waals surface area contributed by atoms with Gasteiger partial charge in [0.1, 0.15) is 5.82 Å². The minimum Gasteiger partial charge on any atom is -0.316 e. The van der Waals surface area contributed by atoms with Gasteiger partial charge in [-0.25, -0.2) is 13.4 Å². The summed E-state index contributed by atoms with van der Waals surface area (Å²) in [6.07, 6.45) is 0. The Labute approximate surface area is 125 Å². The standard InChI is InChI=1S/C15H19N3O2S/c1-12-5-3-8-15(17-12)18-21(19,20)11-14-7-4-6-13(9-14)10-16-2/h3-9,16H,10-11H2,1-2H3,(H,17,18). The van der Waals surface area contributed by atoms with E-state index in [-0.39, 0.29) is 5.75 Å². The number of rotatable bonds is 6. The molecule has 0 saturated carbocycles. The van der Waals surface area contributed by atoms with Crippen LogP contribution < -0.4 is 10.0 Å². The minimum atomic E-state index is -3.47. The lowest BCUT2D eigenvalue weighted by Crippen LogP contribution is -2.16. The summed E-state index contributed by atoms with van der Waals surface area (Å²) in [6, 6.07) is 12.8. The molecule has 0 atom stereocenters. The Kier molecular flexibility index (Phi) is 4.93. The average molecular weight is 305 g/mol. The molecule has 2 aromatic rings. The van der Waals surface area contributed by atoms with Crippen molar-refractivity contribution in [2.75, 3.05) is 11.8 Å². The van der Waals surface area contributed by atoms with Gasteiger partial charge in [0.25, 0.3) is 0 Å². The predicted molar refractivity (Wildman–Crippen MR) is 84.4 cm³/mol. The van der Waals surface area contributed by atoms with E-state index in [1.54, 1.807) is 12.1 Å². The fourth-order valence-electron chi connectivity index (χ4n) is 2.05. The zero-order valence-corrected chi connectivity index (χ0v) is 12.9. The summed E-state index contributed by atoms with van der Waals surface area (Å²) in [5.74, 6) is 0.279. The Balaban J connectivity index is 2.12. The second kappa shape index (κ2) is 6.69. The molecule has 0 aliphatic rings. The summed E-state index contributed by atoms with van der Waals surface area (Å²) in [5, 5.41) is 3.05. The van der Waals surface area contributed by atoms with Gasteiger partial charge in [-0.2, -0.15) is 0 Å². The van der Waals surface area contributed by atoms with Gasteiger partial charge in [-0.3, -0.25) is 4.72 Å². The molecule has 0 amide bonds. The minimum absolute atomic E-state index is 0.0693. The van der Waals surface area contributed by atoms with Crippen LogP contribution in [0.25, 0.3) is 0 Å². The summed E-state index contributed by atoms with van der Waals surface area (Å²) < 4.78 is 26.9. The number of sulfonamides is 1. The van der Waals surface area contributed by atoms with Gasteiger partial charge in [0, 0.05) is 12.2 Å². The Bertz CT molecular complexity index is 714. The molecule has 1 aromatic heterocycles. The molecule has 112 valence electrons. The molecule has 0 bridgehead atoms. The van der Waals surface area contributed by atoms with Crippen molar-refractivity contribution in [2.24, 2.45) is 0 Å². The Morgan fingerprint density at radius 3 is 2.52 bits per heavy atom. The molecule has 0 fully saturated rings. The first-order valence-electron chi connectivity index (χ1n) is 6.65. The van der Waals surface area contributed by atoms with Gasteiger partial charge < -0.3 is 5.32 Å². The third-order valence-electron chi connectivity index (χ3n) is 2.88. The van der Waals surface area contributed by atoms with Crippen LogP contribution in [0.2, 0.25) is 0 Å². The van der Waals surface area contributed by atoms with Gasteiger partial charge in [-0.1, -0.05) is 30.3 Å². The molecule has 0 unspecified atom stereocenters. The van der Waals surface area contributed by atoms with Gasteiger partial charge in [0.2, 0.25) is 10.0 Å². The van der Waals surface area contributed by atoms with Gasteiger partial charge >= 0.3 is 0 Å². The first-order chi connectivity index (χ1) is 9.98. The maximum atomic E-state index is 12.2. The molecule has 1 heterocycles. The van der Waals surface area contributed by atoms with E-state index in [9.17, 15) is 8.42 Å². The normalized spacial score (nSPS) is 11.3. The maximum absolute atomic E-state index is 12.2. The van der Waals surface area contributed by atoms with E-state index in [0.717, 1.165) is 16.8 Å². The molecule has 2 rings (SSSR count). The predicted octanol–water partition coefficient (Wildman–Crippen LogP) is 2.05. The highest BCUT2D eigenvalue weighted by atomic mass is 32.2. The highest BCUT2D eigenvalue weighted by Crippen LogP contribution is 2.12. The van der Waals surface area contributed by atoms with E-state index in [2.05, 4.69) is 15.0 Å². The van der Waals surface area contributed by atoms with Crippen molar-refractivity contribution in [2.45, 2.75) is 19.2 Å². The van der Waals surface area contributed by atoms with Crippen molar-refractivity contribution in [1.29, 1.82) is 0 Å². The number of benzene rings is 1. The molecule has 0 saturated heterocycles. The van der Waals surface area contributed by atoms with Crippen LogP contribution in [0, 0.1) is 6.92 Å². The highest BCUT2D eigenvalue weighted by Gasteiger charge is 2.12. The molecule has 2 N–H and O–H groups in total. The number of nitrogens with zero attached hydrogens (tertiary/aromatic N) is 1. The number of hydrogen-bond donors (Lipinski definition) is 2. The number of pyridine rings is 1. The Hall–Kier alpha value is -1.92. The van der Waals surface area contributed by atoms with Crippen LogP contribution in [0.3, 0.4) is 0 Å². The molecule has 5 nitrogen and oxygen atoms in total. The van der Waals surface area contributed by atoms with Crippen molar-refractivity contribution < 1.29 is 8.42 Å². The summed E-state index contributed by atoms with van der Waals surface area (Å²) in [4.78, 5) is 4.15. The number of anilines is 1. The van der Waals surface area contributed by atoms with Crippen LogP contribution in [0.15, 0.2) is 42.5 Å². The quantitative estimate of drug-likeness (QED) is 0.857. The molecule has 0 spiro atoms. The largest absolute Gasteiger partial charge is 0.316 e. The lowest BCUT2D eigenvalue weighted by molar-refractivity contribution is 0.600. The fraction of sp³-hybridized carbons (Fsp3) is 0.267.